The van der Waals surface area contributed by atoms with Crippen LogP contribution >= 0.6 is 0 Å². The molecule has 0 aromatic heterocycles. The Morgan fingerprint density at radius 1 is 1.24 bits per heavy atom. The third-order valence-corrected chi connectivity index (χ3v) is 6.16. The summed E-state index contributed by atoms with van der Waals surface area (Å²) in [6.45, 7) is 1.84. The van der Waals surface area contributed by atoms with Crippen molar-refractivity contribution >= 4 is 5.91 Å². The zero-order chi connectivity index (χ0) is 14.6. The largest absolute Gasteiger partial charge is 0.394 e. The minimum Gasteiger partial charge on any atom is -0.394 e. The summed E-state index contributed by atoms with van der Waals surface area (Å²) < 4.78 is 0. The van der Waals surface area contributed by atoms with Crippen LogP contribution in [0.2, 0.25) is 0 Å². The minimum absolute atomic E-state index is 0.0718. The monoisotopic (exact) mass is 285 g/mol. The highest BCUT2D eigenvalue weighted by Crippen LogP contribution is 2.69. The lowest BCUT2D eigenvalue weighted by atomic mass is 9.92. The molecule has 5 atom stereocenters. The number of hydrogen-bond acceptors (Lipinski definition) is 2. The zero-order valence-corrected chi connectivity index (χ0v) is 12.5. The van der Waals surface area contributed by atoms with Gasteiger partial charge in [0.2, 0.25) is 5.91 Å². The molecule has 0 aliphatic heterocycles. The number of aliphatic hydroxyl groups is 1. The second kappa shape index (κ2) is 4.57. The Kier molecular flexibility index (Phi) is 2.90. The second-order valence-corrected chi connectivity index (χ2v) is 7.36. The fraction of sp³-hybridized carbons (Fsp3) is 0.611. The van der Waals surface area contributed by atoms with Gasteiger partial charge >= 0.3 is 0 Å². The van der Waals surface area contributed by atoms with Gasteiger partial charge in [-0.05, 0) is 55.4 Å². The van der Waals surface area contributed by atoms with Gasteiger partial charge in [0.25, 0.3) is 0 Å². The van der Waals surface area contributed by atoms with Gasteiger partial charge in [0, 0.05) is 5.92 Å². The summed E-state index contributed by atoms with van der Waals surface area (Å²) in [6.07, 6.45) is 4.01. The SMILES string of the molecule is CC(CO)(NC(=O)C1C2C3CCC(C3)C12)c1ccccc1. The molecule has 0 saturated heterocycles. The molecule has 3 heteroatoms. The van der Waals surface area contributed by atoms with Crippen molar-refractivity contribution in [2.24, 2.45) is 29.6 Å². The molecule has 2 N–H and O–H groups in total. The number of amides is 1. The molecule has 21 heavy (non-hydrogen) atoms. The van der Waals surface area contributed by atoms with Crippen molar-refractivity contribution in [1.82, 2.24) is 5.32 Å². The Hall–Kier alpha value is -1.35. The highest BCUT2D eigenvalue weighted by molar-refractivity contribution is 5.83. The molecule has 3 aliphatic carbocycles. The van der Waals surface area contributed by atoms with Crippen LogP contribution in [0.15, 0.2) is 30.3 Å². The third kappa shape index (κ3) is 1.94. The Morgan fingerprint density at radius 3 is 2.43 bits per heavy atom. The highest BCUT2D eigenvalue weighted by atomic mass is 16.3. The van der Waals surface area contributed by atoms with E-state index < -0.39 is 5.54 Å². The molecule has 0 heterocycles. The topological polar surface area (TPSA) is 49.3 Å². The van der Waals surface area contributed by atoms with E-state index >= 15 is 0 Å². The highest BCUT2D eigenvalue weighted by Gasteiger charge is 2.67. The maximum absolute atomic E-state index is 12.7. The van der Waals surface area contributed by atoms with Crippen LogP contribution in [-0.4, -0.2) is 17.6 Å². The number of benzene rings is 1. The van der Waals surface area contributed by atoms with Gasteiger partial charge in [-0.3, -0.25) is 4.79 Å². The van der Waals surface area contributed by atoms with E-state index in [9.17, 15) is 9.90 Å². The zero-order valence-electron chi connectivity index (χ0n) is 12.5. The number of hydrogen-bond donors (Lipinski definition) is 2. The number of rotatable bonds is 4. The van der Waals surface area contributed by atoms with Crippen LogP contribution in [0.4, 0.5) is 0 Å². The Morgan fingerprint density at radius 2 is 1.86 bits per heavy atom. The molecule has 3 fully saturated rings. The molecule has 1 aromatic rings. The van der Waals surface area contributed by atoms with Crippen molar-refractivity contribution < 1.29 is 9.90 Å². The normalized spacial score (nSPS) is 38.7. The van der Waals surface area contributed by atoms with E-state index in [4.69, 9.17) is 0 Å². The van der Waals surface area contributed by atoms with Gasteiger partial charge in [-0.25, -0.2) is 0 Å². The quantitative estimate of drug-likeness (QED) is 0.892. The number of carbonyl (C=O) groups is 1. The molecule has 3 saturated carbocycles. The summed E-state index contributed by atoms with van der Waals surface area (Å²) in [5.74, 6) is 3.25. The van der Waals surface area contributed by atoms with Crippen LogP contribution < -0.4 is 5.32 Å². The fourth-order valence-electron chi connectivity index (χ4n) is 5.04. The van der Waals surface area contributed by atoms with E-state index in [1.807, 2.05) is 37.3 Å². The van der Waals surface area contributed by atoms with Crippen LogP contribution in [0.1, 0.15) is 31.7 Å². The molecule has 4 rings (SSSR count). The fourth-order valence-corrected chi connectivity index (χ4v) is 5.04. The number of fused-ring (bicyclic) bond motifs is 5. The van der Waals surface area contributed by atoms with Crippen molar-refractivity contribution in [3.05, 3.63) is 35.9 Å². The average Bonchev–Trinajstić information content (AvgIpc) is 2.97. The molecule has 3 aliphatic rings. The Balaban J connectivity index is 1.49. The van der Waals surface area contributed by atoms with Crippen LogP contribution in [-0.2, 0) is 10.3 Å². The lowest BCUT2D eigenvalue weighted by Crippen LogP contribution is -2.47. The van der Waals surface area contributed by atoms with E-state index in [1.165, 1.54) is 19.3 Å². The van der Waals surface area contributed by atoms with Gasteiger partial charge < -0.3 is 10.4 Å². The Bertz CT molecular complexity index is 542. The molecule has 112 valence electrons. The second-order valence-electron chi connectivity index (χ2n) is 7.36. The molecule has 1 amide bonds. The summed E-state index contributed by atoms with van der Waals surface area (Å²) in [4.78, 5) is 12.7. The lowest BCUT2D eigenvalue weighted by Gasteiger charge is -2.30. The van der Waals surface area contributed by atoms with E-state index in [1.54, 1.807) is 0 Å². The van der Waals surface area contributed by atoms with Crippen LogP contribution in [0.3, 0.4) is 0 Å². The minimum atomic E-state index is -0.672. The number of aliphatic hydroxyl groups excluding tert-OH is 1. The first kappa shape index (κ1) is 13.3. The lowest BCUT2D eigenvalue weighted by molar-refractivity contribution is -0.125. The molecule has 1 aromatic carbocycles. The summed E-state index contributed by atoms with van der Waals surface area (Å²) >= 11 is 0. The van der Waals surface area contributed by atoms with Gasteiger partial charge in [0.05, 0.1) is 12.1 Å². The summed E-state index contributed by atoms with van der Waals surface area (Å²) in [7, 11) is 0. The molecule has 0 radical (unpaired) electrons. The van der Waals surface area contributed by atoms with E-state index in [0.717, 1.165) is 17.4 Å². The summed E-state index contributed by atoms with van der Waals surface area (Å²) in [6, 6.07) is 9.77. The van der Waals surface area contributed by atoms with E-state index in [0.29, 0.717) is 11.8 Å². The van der Waals surface area contributed by atoms with E-state index in [2.05, 4.69) is 5.32 Å². The molecular weight excluding hydrogens is 262 g/mol. The van der Waals surface area contributed by atoms with Gasteiger partial charge in [-0.2, -0.15) is 0 Å². The van der Waals surface area contributed by atoms with Crippen molar-refractivity contribution in [1.29, 1.82) is 0 Å². The predicted octanol–water partition coefficient (Wildman–Crippen LogP) is 2.30. The molecule has 3 nitrogen and oxygen atoms in total. The van der Waals surface area contributed by atoms with Crippen molar-refractivity contribution in [3.63, 3.8) is 0 Å². The van der Waals surface area contributed by atoms with E-state index in [-0.39, 0.29) is 18.4 Å². The van der Waals surface area contributed by atoms with Crippen LogP contribution in [0.25, 0.3) is 0 Å². The van der Waals surface area contributed by atoms with Crippen LogP contribution in [0.5, 0.6) is 0 Å². The van der Waals surface area contributed by atoms with Crippen molar-refractivity contribution in [3.8, 4) is 0 Å². The molecule has 5 unspecified atom stereocenters. The standard InChI is InChI=1S/C18H23NO2/c1-18(10-20,13-5-3-2-4-6-13)19-17(21)16-14-11-7-8-12(9-11)15(14)16/h2-6,11-12,14-16,20H,7-10H2,1H3,(H,19,21). The molecule has 0 spiro atoms. The van der Waals surface area contributed by atoms with Crippen molar-refractivity contribution in [2.75, 3.05) is 6.61 Å². The summed E-state index contributed by atoms with van der Waals surface area (Å²) in [5, 5.41) is 12.9. The van der Waals surface area contributed by atoms with Gasteiger partial charge in [-0.15, -0.1) is 0 Å². The van der Waals surface area contributed by atoms with Gasteiger partial charge in [0.1, 0.15) is 0 Å². The summed E-state index contributed by atoms with van der Waals surface area (Å²) in [5.41, 5.74) is 0.295. The molecular formula is C18H23NO2. The molecule has 2 bridgehead atoms. The van der Waals surface area contributed by atoms with Gasteiger partial charge in [-0.1, -0.05) is 30.3 Å². The van der Waals surface area contributed by atoms with Crippen molar-refractivity contribution in [2.45, 2.75) is 31.7 Å². The van der Waals surface area contributed by atoms with Crippen LogP contribution in [0, 0.1) is 29.6 Å². The number of carbonyl (C=O) groups excluding carboxylic acids is 1. The first-order chi connectivity index (χ1) is 10.1. The Labute approximate surface area is 125 Å². The van der Waals surface area contributed by atoms with Gasteiger partial charge in [0.15, 0.2) is 0 Å². The first-order valence-corrected chi connectivity index (χ1v) is 8.12. The maximum atomic E-state index is 12.7. The first-order valence-electron chi connectivity index (χ1n) is 8.12. The predicted molar refractivity (Wildman–Crippen MR) is 80.3 cm³/mol. The average molecular weight is 285 g/mol. The maximum Gasteiger partial charge on any atom is 0.224 e. The smallest absolute Gasteiger partial charge is 0.224 e. The third-order valence-electron chi connectivity index (χ3n) is 6.16. The number of nitrogens with one attached hydrogen (secondary N) is 1.